The SMILES string of the molecule is COc1ccccc1C1CCc2ccccc2S1. The molecular weight excluding hydrogens is 240 g/mol. The molecule has 0 radical (unpaired) electrons. The fourth-order valence-electron chi connectivity index (χ4n) is 2.48. The van der Waals surface area contributed by atoms with Gasteiger partial charge in [-0.2, -0.15) is 0 Å². The van der Waals surface area contributed by atoms with E-state index in [1.165, 1.54) is 22.4 Å². The van der Waals surface area contributed by atoms with E-state index in [2.05, 4.69) is 42.5 Å². The quantitative estimate of drug-likeness (QED) is 0.783. The van der Waals surface area contributed by atoms with Gasteiger partial charge < -0.3 is 4.74 Å². The van der Waals surface area contributed by atoms with E-state index in [0.29, 0.717) is 5.25 Å². The average Bonchev–Trinajstić information content (AvgIpc) is 2.46. The summed E-state index contributed by atoms with van der Waals surface area (Å²) in [5.41, 5.74) is 2.80. The minimum Gasteiger partial charge on any atom is -0.496 e. The monoisotopic (exact) mass is 256 g/mol. The van der Waals surface area contributed by atoms with E-state index in [-0.39, 0.29) is 0 Å². The van der Waals surface area contributed by atoms with Crippen molar-refractivity contribution in [2.45, 2.75) is 23.0 Å². The summed E-state index contributed by atoms with van der Waals surface area (Å²) in [6.07, 6.45) is 2.34. The first kappa shape index (κ1) is 11.7. The first-order valence-corrected chi connectivity index (χ1v) is 7.14. The van der Waals surface area contributed by atoms with Crippen LogP contribution in [0.2, 0.25) is 0 Å². The summed E-state index contributed by atoms with van der Waals surface area (Å²) < 4.78 is 5.47. The Kier molecular flexibility index (Phi) is 3.28. The highest BCUT2D eigenvalue weighted by Gasteiger charge is 2.22. The van der Waals surface area contributed by atoms with Crippen LogP contribution in [0.4, 0.5) is 0 Å². The normalized spacial score (nSPS) is 18.2. The lowest BCUT2D eigenvalue weighted by molar-refractivity contribution is 0.408. The van der Waals surface area contributed by atoms with Crippen molar-refractivity contribution >= 4 is 11.8 Å². The van der Waals surface area contributed by atoms with Crippen LogP contribution in [-0.4, -0.2) is 7.11 Å². The van der Waals surface area contributed by atoms with Crippen molar-refractivity contribution in [3.05, 3.63) is 59.7 Å². The molecule has 1 atom stereocenters. The van der Waals surface area contributed by atoms with Gasteiger partial charge in [-0.15, -0.1) is 11.8 Å². The minimum atomic E-state index is 0.510. The molecule has 2 heteroatoms. The van der Waals surface area contributed by atoms with Gasteiger partial charge in [-0.1, -0.05) is 36.4 Å². The zero-order valence-electron chi connectivity index (χ0n) is 10.4. The summed E-state index contributed by atoms with van der Waals surface area (Å²) in [5.74, 6) is 1.01. The third kappa shape index (κ3) is 2.13. The molecule has 1 heterocycles. The zero-order valence-corrected chi connectivity index (χ0v) is 11.2. The van der Waals surface area contributed by atoms with E-state index in [4.69, 9.17) is 4.74 Å². The van der Waals surface area contributed by atoms with Gasteiger partial charge in [0.05, 0.1) is 7.11 Å². The number of fused-ring (bicyclic) bond motifs is 1. The molecule has 0 aromatic heterocycles. The van der Waals surface area contributed by atoms with Gasteiger partial charge in [0.25, 0.3) is 0 Å². The maximum atomic E-state index is 5.47. The van der Waals surface area contributed by atoms with Gasteiger partial charge in [0.2, 0.25) is 0 Å². The van der Waals surface area contributed by atoms with Crippen LogP contribution in [0.5, 0.6) is 5.75 Å². The largest absolute Gasteiger partial charge is 0.496 e. The Morgan fingerprint density at radius 3 is 2.72 bits per heavy atom. The third-order valence-electron chi connectivity index (χ3n) is 3.40. The summed E-state index contributed by atoms with van der Waals surface area (Å²) >= 11 is 1.96. The Balaban J connectivity index is 1.92. The van der Waals surface area contributed by atoms with Gasteiger partial charge in [-0.25, -0.2) is 0 Å². The van der Waals surface area contributed by atoms with E-state index >= 15 is 0 Å². The summed E-state index contributed by atoms with van der Waals surface area (Å²) in [5, 5.41) is 0.510. The van der Waals surface area contributed by atoms with E-state index in [1.54, 1.807) is 7.11 Å². The second-order valence-corrected chi connectivity index (χ2v) is 5.74. The molecule has 0 saturated carbocycles. The number of hydrogen-bond donors (Lipinski definition) is 0. The molecule has 3 rings (SSSR count). The Morgan fingerprint density at radius 2 is 1.83 bits per heavy atom. The molecule has 2 aromatic rings. The van der Waals surface area contributed by atoms with Crippen molar-refractivity contribution in [2.75, 3.05) is 7.11 Å². The predicted molar refractivity (Wildman–Crippen MR) is 76.4 cm³/mol. The van der Waals surface area contributed by atoms with Crippen LogP contribution in [0.15, 0.2) is 53.4 Å². The molecule has 92 valence electrons. The molecule has 1 unspecified atom stereocenters. The number of rotatable bonds is 2. The molecule has 0 fully saturated rings. The van der Waals surface area contributed by atoms with Crippen LogP contribution in [0, 0.1) is 0 Å². The number of ether oxygens (including phenoxy) is 1. The number of hydrogen-bond acceptors (Lipinski definition) is 2. The van der Waals surface area contributed by atoms with Gasteiger partial charge in [0.15, 0.2) is 0 Å². The van der Waals surface area contributed by atoms with Crippen LogP contribution in [0.25, 0.3) is 0 Å². The number of para-hydroxylation sites is 1. The Hall–Kier alpha value is -1.41. The standard InChI is InChI=1S/C16H16OS/c1-17-14-8-4-3-7-13(14)16-11-10-12-6-2-5-9-15(12)18-16/h2-9,16H,10-11H2,1H3. The molecule has 0 saturated heterocycles. The second-order valence-electron chi connectivity index (χ2n) is 4.49. The van der Waals surface area contributed by atoms with Gasteiger partial charge in [-0.3, -0.25) is 0 Å². The van der Waals surface area contributed by atoms with Gasteiger partial charge in [0.1, 0.15) is 5.75 Å². The fourth-order valence-corrected chi connectivity index (χ4v) is 3.82. The highest BCUT2D eigenvalue weighted by molar-refractivity contribution is 7.99. The molecule has 0 aliphatic carbocycles. The van der Waals surface area contributed by atoms with E-state index < -0.39 is 0 Å². The van der Waals surface area contributed by atoms with Crippen LogP contribution in [0.1, 0.15) is 22.8 Å². The number of thioether (sulfide) groups is 1. The Morgan fingerprint density at radius 1 is 1.06 bits per heavy atom. The van der Waals surface area contributed by atoms with Crippen molar-refractivity contribution in [2.24, 2.45) is 0 Å². The molecule has 2 aromatic carbocycles. The Bertz CT molecular complexity index is 550. The van der Waals surface area contributed by atoms with Crippen molar-refractivity contribution in [1.82, 2.24) is 0 Å². The van der Waals surface area contributed by atoms with Crippen LogP contribution < -0.4 is 4.74 Å². The second kappa shape index (κ2) is 5.07. The molecule has 0 bridgehead atoms. The maximum Gasteiger partial charge on any atom is 0.123 e. The fraction of sp³-hybridized carbons (Fsp3) is 0.250. The van der Waals surface area contributed by atoms with Crippen LogP contribution >= 0.6 is 11.8 Å². The van der Waals surface area contributed by atoms with Crippen LogP contribution in [-0.2, 0) is 6.42 Å². The highest BCUT2D eigenvalue weighted by atomic mass is 32.2. The topological polar surface area (TPSA) is 9.23 Å². The van der Waals surface area contributed by atoms with Gasteiger partial charge in [-0.05, 0) is 30.5 Å². The molecule has 0 amide bonds. The maximum absolute atomic E-state index is 5.47. The van der Waals surface area contributed by atoms with Crippen molar-refractivity contribution in [1.29, 1.82) is 0 Å². The Labute approximate surface area is 112 Å². The van der Waals surface area contributed by atoms with E-state index in [1.807, 2.05) is 17.8 Å². The zero-order chi connectivity index (χ0) is 12.4. The molecular formula is C16H16OS. The van der Waals surface area contributed by atoms with Crippen molar-refractivity contribution in [3.63, 3.8) is 0 Å². The highest BCUT2D eigenvalue weighted by Crippen LogP contribution is 2.46. The summed E-state index contributed by atoms with van der Waals surface area (Å²) in [6.45, 7) is 0. The lowest BCUT2D eigenvalue weighted by atomic mass is 10.0. The molecule has 0 N–H and O–H groups in total. The molecule has 1 nitrogen and oxygen atoms in total. The van der Waals surface area contributed by atoms with E-state index in [0.717, 1.165) is 12.2 Å². The van der Waals surface area contributed by atoms with E-state index in [9.17, 15) is 0 Å². The molecule has 1 aliphatic heterocycles. The number of aryl methyl sites for hydroxylation is 1. The number of benzene rings is 2. The van der Waals surface area contributed by atoms with Gasteiger partial charge in [0, 0.05) is 15.7 Å². The lowest BCUT2D eigenvalue weighted by Crippen LogP contribution is -2.05. The van der Waals surface area contributed by atoms with Gasteiger partial charge >= 0.3 is 0 Å². The predicted octanol–water partition coefficient (Wildman–Crippen LogP) is 4.47. The first-order valence-electron chi connectivity index (χ1n) is 6.26. The van der Waals surface area contributed by atoms with Crippen molar-refractivity contribution in [3.8, 4) is 5.75 Å². The summed E-state index contributed by atoms with van der Waals surface area (Å²) in [6, 6.07) is 17.1. The molecule has 18 heavy (non-hydrogen) atoms. The van der Waals surface area contributed by atoms with Crippen molar-refractivity contribution < 1.29 is 4.74 Å². The minimum absolute atomic E-state index is 0.510. The molecule has 1 aliphatic rings. The number of methoxy groups -OCH3 is 1. The summed E-state index contributed by atoms with van der Waals surface area (Å²) in [7, 11) is 1.75. The van der Waals surface area contributed by atoms with Crippen LogP contribution in [0.3, 0.4) is 0 Å². The summed E-state index contributed by atoms with van der Waals surface area (Å²) in [4.78, 5) is 1.42. The third-order valence-corrected chi connectivity index (χ3v) is 4.83. The molecule has 0 spiro atoms. The lowest BCUT2D eigenvalue weighted by Gasteiger charge is -2.25. The smallest absolute Gasteiger partial charge is 0.123 e. The average molecular weight is 256 g/mol. The first-order chi connectivity index (χ1) is 8.88.